The van der Waals surface area contributed by atoms with Crippen molar-refractivity contribution in [3.63, 3.8) is 0 Å². The van der Waals surface area contributed by atoms with E-state index in [1.807, 2.05) is 30.0 Å². The van der Waals surface area contributed by atoms with Crippen LogP contribution in [0.5, 0.6) is 0 Å². The highest BCUT2D eigenvalue weighted by molar-refractivity contribution is 5.79. The number of rotatable bonds is 7. The van der Waals surface area contributed by atoms with Crippen LogP contribution in [0.25, 0.3) is 0 Å². The zero-order chi connectivity index (χ0) is 19.8. The number of pyridine rings is 1. The van der Waals surface area contributed by atoms with Crippen molar-refractivity contribution in [1.29, 1.82) is 0 Å². The van der Waals surface area contributed by atoms with E-state index in [0.717, 1.165) is 57.6 Å². The van der Waals surface area contributed by atoms with Crippen molar-refractivity contribution in [2.45, 2.75) is 45.2 Å². The number of nitrogens with one attached hydrogen (secondary N) is 1. The van der Waals surface area contributed by atoms with Gasteiger partial charge in [-0.25, -0.2) is 0 Å². The molecule has 0 spiro atoms. The topological polar surface area (TPSA) is 74.8 Å². The average Bonchev–Trinajstić information content (AvgIpc) is 2.76. The van der Waals surface area contributed by atoms with Gasteiger partial charge in [0.15, 0.2) is 0 Å². The number of ether oxygens (including phenoxy) is 1. The van der Waals surface area contributed by atoms with Gasteiger partial charge in [-0.15, -0.1) is 0 Å². The molecule has 0 bridgehead atoms. The van der Waals surface area contributed by atoms with Crippen molar-refractivity contribution in [1.82, 2.24) is 20.1 Å². The van der Waals surface area contributed by atoms with Crippen molar-refractivity contribution in [3.05, 3.63) is 30.1 Å². The van der Waals surface area contributed by atoms with Crippen molar-refractivity contribution in [2.75, 3.05) is 39.4 Å². The summed E-state index contributed by atoms with van der Waals surface area (Å²) < 4.78 is 5.24. The molecule has 154 valence electrons. The summed E-state index contributed by atoms with van der Waals surface area (Å²) in [6.45, 7) is 6.55. The van der Waals surface area contributed by atoms with Crippen LogP contribution in [0, 0.1) is 5.92 Å². The predicted molar refractivity (Wildman–Crippen MR) is 106 cm³/mol. The number of hydrogen-bond acceptors (Lipinski definition) is 5. The van der Waals surface area contributed by atoms with Gasteiger partial charge in [-0.05, 0) is 51.3 Å². The second kappa shape index (κ2) is 10.5. The lowest BCUT2D eigenvalue weighted by Crippen LogP contribution is -2.51. The Morgan fingerprint density at radius 3 is 2.75 bits per heavy atom. The molecule has 1 atom stereocenters. The SMILES string of the molecule is CCOCC(=O)N1CCC(N2CCCC(C(=O)NCc3ccccn3)C2)CC1. The number of nitrogens with zero attached hydrogens (tertiary/aromatic N) is 3. The zero-order valence-electron chi connectivity index (χ0n) is 16.8. The van der Waals surface area contributed by atoms with Gasteiger partial charge in [0.05, 0.1) is 18.2 Å². The van der Waals surface area contributed by atoms with Crippen LogP contribution in [0.15, 0.2) is 24.4 Å². The standard InChI is InChI=1S/C21H32N4O3/c1-2-28-16-20(26)24-12-8-19(9-13-24)25-11-5-6-17(15-25)21(27)23-14-18-7-3-4-10-22-18/h3-4,7,10,17,19H,2,5-6,8-9,11-16H2,1H3,(H,23,27). The van der Waals surface area contributed by atoms with E-state index in [1.54, 1.807) is 6.20 Å². The molecular formula is C21H32N4O3. The van der Waals surface area contributed by atoms with Gasteiger partial charge in [0.2, 0.25) is 11.8 Å². The monoisotopic (exact) mass is 388 g/mol. The van der Waals surface area contributed by atoms with Crippen LogP contribution in [-0.4, -0.2) is 72.0 Å². The van der Waals surface area contributed by atoms with Gasteiger partial charge < -0.3 is 15.0 Å². The molecule has 2 fully saturated rings. The summed E-state index contributed by atoms with van der Waals surface area (Å²) >= 11 is 0. The first-order valence-electron chi connectivity index (χ1n) is 10.4. The Bertz CT molecular complexity index is 632. The molecule has 1 N–H and O–H groups in total. The van der Waals surface area contributed by atoms with Crippen molar-refractivity contribution in [3.8, 4) is 0 Å². The first-order valence-corrected chi connectivity index (χ1v) is 10.4. The van der Waals surface area contributed by atoms with Crippen molar-refractivity contribution < 1.29 is 14.3 Å². The first-order chi connectivity index (χ1) is 13.7. The molecule has 28 heavy (non-hydrogen) atoms. The molecule has 7 nitrogen and oxygen atoms in total. The van der Waals surface area contributed by atoms with Gasteiger partial charge in [-0.3, -0.25) is 19.5 Å². The van der Waals surface area contributed by atoms with Crippen LogP contribution in [0.2, 0.25) is 0 Å². The smallest absolute Gasteiger partial charge is 0.248 e. The lowest BCUT2D eigenvalue weighted by molar-refractivity contribution is -0.137. The van der Waals surface area contributed by atoms with Gasteiger partial charge >= 0.3 is 0 Å². The highest BCUT2D eigenvalue weighted by atomic mass is 16.5. The van der Waals surface area contributed by atoms with Gasteiger partial charge in [0.25, 0.3) is 0 Å². The average molecular weight is 389 g/mol. The molecule has 1 aromatic heterocycles. The molecule has 1 aromatic rings. The Kier molecular flexibility index (Phi) is 7.80. The number of amides is 2. The number of hydrogen-bond donors (Lipinski definition) is 1. The second-order valence-corrected chi connectivity index (χ2v) is 7.62. The van der Waals surface area contributed by atoms with E-state index in [1.165, 1.54) is 0 Å². The van der Waals surface area contributed by atoms with Gasteiger partial charge in [0.1, 0.15) is 6.61 Å². The molecule has 3 rings (SSSR count). The Labute approximate surface area is 167 Å². The highest BCUT2D eigenvalue weighted by Crippen LogP contribution is 2.24. The third kappa shape index (κ3) is 5.75. The molecule has 2 aliphatic rings. The minimum absolute atomic E-state index is 0.0371. The van der Waals surface area contributed by atoms with Gasteiger partial charge in [-0.1, -0.05) is 6.07 Å². The molecule has 7 heteroatoms. The Balaban J connectivity index is 1.43. The molecule has 2 amide bonds. The normalized spacial score (nSPS) is 21.5. The lowest BCUT2D eigenvalue weighted by Gasteiger charge is -2.42. The Morgan fingerprint density at radius 1 is 1.21 bits per heavy atom. The summed E-state index contributed by atoms with van der Waals surface area (Å²) in [4.78, 5) is 33.3. The van der Waals surface area contributed by atoms with Crippen LogP contribution >= 0.6 is 0 Å². The maximum atomic E-state index is 12.6. The lowest BCUT2D eigenvalue weighted by atomic mass is 9.93. The van der Waals surface area contributed by atoms with Gasteiger partial charge in [-0.2, -0.15) is 0 Å². The van der Waals surface area contributed by atoms with E-state index < -0.39 is 0 Å². The van der Waals surface area contributed by atoms with Crippen LogP contribution < -0.4 is 5.32 Å². The third-order valence-corrected chi connectivity index (χ3v) is 5.76. The largest absolute Gasteiger partial charge is 0.372 e. The first kappa shape index (κ1) is 20.7. The zero-order valence-corrected chi connectivity index (χ0v) is 16.8. The molecule has 3 heterocycles. The maximum absolute atomic E-state index is 12.6. The highest BCUT2D eigenvalue weighted by Gasteiger charge is 2.32. The fraction of sp³-hybridized carbons (Fsp3) is 0.667. The summed E-state index contributed by atoms with van der Waals surface area (Å²) in [5, 5.41) is 3.04. The van der Waals surface area contributed by atoms with Crippen molar-refractivity contribution >= 4 is 11.8 Å². The second-order valence-electron chi connectivity index (χ2n) is 7.62. The Morgan fingerprint density at radius 2 is 2.04 bits per heavy atom. The molecule has 1 unspecified atom stereocenters. The van der Waals surface area contributed by atoms with Crippen LogP contribution in [0.3, 0.4) is 0 Å². The van der Waals surface area contributed by atoms with E-state index in [0.29, 0.717) is 19.2 Å². The van der Waals surface area contributed by atoms with Crippen LogP contribution in [0.1, 0.15) is 38.3 Å². The summed E-state index contributed by atoms with van der Waals surface area (Å²) in [6, 6.07) is 6.19. The van der Waals surface area contributed by atoms with E-state index in [2.05, 4.69) is 15.2 Å². The summed E-state index contributed by atoms with van der Waals surface area (Å²) in [5.41, 5.74) is 0.882. The summed E-state index contributed by atoms with van der Waals surface area (Å²) in [7, 11) is 0. The summed E-state index contributed by atoms with van der Waals surface area (Å²) in [5.74, 6) is 0.250. The molecule has 0 radical (unpaired) electrons. The van der Waals surface area contributed by atoms with E-state index in [9.17, 15) is 9.59 Å². The summed E-state index contributed by atoms with van der Waals surface area (Å²) in [6.07, 6.45) is 5.68. The number of likely N-dealkylation sites (tertiary alicyclic amines) is 2. The molecule has 2 saturated heterocycles. The number of carbonyl (C=O) groups is 2. The third-order valence-electron chi connectivity index (χ3n) is 5.76. The quantitative estimate of drug-likeness (QED) is 0.765. The van der Waals surface area contributed by atoms with Crippen LogP contribution in [-0.2, 0) is 20.9 Å². The number of carbonyl (C=O) groups excluding carboxylic acids is 2. The van der Waals surface area contributed by atoms with E-state index in [-0.39, 0.29) is 24.3 Å². The molecule has 2 aliphatic heterocycles. The fourth-order valence-electron chi connectivity index (χ4n) is 4.14. The molecular weight excluding hydrogens is 356 g/mol. The van der Waals surface area contributed by atoms with E-state index in [4.69, 9.17) is 4.74 Å². The molecule has 0 saturated carbocycles. The van der Waals surface area contributed by atoms with Crippen molar-refractivity contribution in [2.24, 2.45) is 5.92 Å². The molecule has 0 aliphatic carbocycles. The predicted octanol–water partition coefficient (Wildman–Crippen LogP) is 1.44. The number of aromatic nitrogens is 1. The minimum Gasteiger partial charge on any atom is -0.372 e. The van der Waals surface area contributed by atoms with E-state index >= 15 is 0 Å². The molecule has 0 aromatic carbocycles. The van der Waals surface area contributed by atoms with Gasteiger partial charge in [0, 0.05) is 38.5 Å². The minimum atomic E-state index is 0.0371. The fourth-order valence-corrected chi connectivity index (χ4v) is 4.14. The maximum Gasteiger partial charge on any atom is 0.248 e. The number of piperidine rings is 2. The van der Waals surface area contributed by atoms with Crippen LogP contribution in [0.4, 0.5) is 0 Å². The Hall–Kier alpha value is -1.99.